The van der Waals surface area contributed by atoms with Gasteiger partial charge in [-0.2, -0.15) is 0 Å². The fraction of sp³-hybridized carbons (Fsp3) is 0.636. The first kappa shape index (κ1) is 31.5. The van der Waals surface area contributed by atoms with Crippen LogP contribution in [0.2, 0.25) is 0 Å². The maximum Gasteiger partial charge on any atom is 0.127 e. The van der Waals surface area contributed by atoms with E-state index < -0.39 is 30.8 Å². The lowest BCUT2D eigenvalue weighted by molar-refractivity contribution is -0.137. The van der Waals surface area contributed by atoms with Crippen molar-refractivity contribution in [3.8, 4) is 0 Å². The summed E-state index contributed by atoms with van der Waals surface area (Å²) in [5, 5.41) is 45.2. The van der Waals surface area contributed by atoms with Crippen LogP contribution in [-0.2, 0) is 27.3 Å². The largest absolute Gasteiger partial charge is 0.395 e. The lowest BCUT2D eigenvalue weighted by Gasteiger charge is -2.49. The molecular weight excluding hydrogens is 460 g/mol. The van der Waals surface area contributed by atoms with Crippen molar-refractivity contribution < 1.29 is 20.4 Å². The SMILES string of the molecule is CC(C)(C)c1ccc(C(O)(c2ccc(C(C)(C)C)cc2C(C)(C)C)C(CO)(CO)CO)c(C(C)(C)C)c1. The van der Waals surface area contributed by atoms with Crippen LogP contribution in [0.15, 0.2) is 36.4 Å². The Balaban J connectivity index is 3.20. The van der Waals surface area contributed by atoms with Gasteiger partial charge in [0.2, 0.25) is 0 Å². The van der Waals surface area contributed by atoms with Crippen molar-refractivity contribution in [2.24, 2.45) is 5.41 Å². The molecule has 2 rings (SSSR count). The fourth-order valence-electron chi connectivity index (χ4n) is 5.10. The number of aliphatic hydroxyl groups is 4. The Hall–Kier alpha value is -1.72. The summed E-state index contributed by atoms with van der Waals surface area (Å²) >= 11 is 0. The minimum Gasteiger partial charge on any atom is -0.395 e. The minimum atomic E-state index is -1.87. The van der Waals surface area contributed by atoms with E-state index in [1.807, 2.05) is 24.3 Å². The molecule has 4 heteroatoms. The molecule has 0 aliphatic heterocycles. The summed E-state index contributed by atoms with van der Waals surface area (Å²) in [6.45, 7) is 23.8. The summed E-state index contributed by atoms with van der Waals surface area (Å²) in [4.78, 5) is 0. The zero-order valence-electron chi connectivity index (χ0n) is 25.4. The second-order valence-corrected chi connectivity index (χ2v) is 15.0. The maximum absolute atomic E-state index is 13.1. The van der Waals surface area contributed by atoms with Crippen LogP contribution in [0.1, 0.15) is 116 Å². The number of aliphatic hydroxyl groups excluding tert-OH is 3. The van der Waals surface area contributed by atoms with Gasteiger partial charge < -0.3 is 20.4 Å². The van der Waals surface area contributed by atoms with Crippen molar-refractivity contribution in [3.05, 3.63) is 69.8 Å². The number of benzene rings is 2. The molecule has 0 amide bonds. The zero-order chi connectivity index (χ0) is 28.8. The smallest absolute Gasteiger partial charge is 0.127 e. The normalized spacial score (nSPS) is 14.3. The molecule has 0 radical (unpaired) electrons. The highest BCUT2D eigenvalue weighted by Crippen LogP contribution is 2.51. The molecule has 4 N–H and O–H groups in total. The van der Waals surface area contributed by atoms with Crippen molar-refractivity contribution in [1.29, 1.82) is 0 Å². The van der Waals surface area contributed by atoms with E-state index >= 15 is 0 Å². The van der Waals surface area contributed by atoms with Gasteiger partial charge in [0.1, 0.15) is 5.60 Å². The molecule has 0 aliphatic rings. The summed E-state index contributed by atoms with van der Waals surface area (Å²) in [5.41, 5.74) is 0.863. The number of hydrogen-bond acceptors (Lipinski definition) is 4. The molecule has 37 heavy (non-hydrogen) atoms. The average molecular weight is 513 g/mol. The predicted molar refractivity (Wildman–Crippen MR) is 154 cm³/mol. The van der Waals surface area contributed by atoms with Gasteiger partial charge in [-0.15, -0.1) is 0 Å². The van der Waals surface area contributed by atoms with Gasteiger partial charge in [-0.1, -0.05) is 119 Å². The summed E-state index contributed by atoms with van der Waals surface area (Å²) < 4.78 is 0. The minimum absolute atomic E-state index is 0.108. The molecule has 4 nitrogen and oxygen atoms in total. The molecule has 0 saturated carbocycles. The lowest BCUT2D eigenvalue weighted by atomic mass is 9.60. The van der Waals surface area contributed by atoms with Crippen molar-refractivity contribution in [2.45, 2.75) is 110 Å². The molecule has 2 aromatic carbocycles. The van der Waals surface area contributed by atoms with E-state index in [9.17, 15) is 20.4 Å². The fourth-order valence-corrected chi connectivity index (χ4v) is 5.10. The van der Waals surface area contributed by atoms with E-state index in [2.05, 4.69) is 95.2 Å². The van der Waals surface area contributed by atoms with Crippen molar-refractivity contribution in [1.82, 2.24) is 0 Å². The zero-order valence-corrected chi connectivity index (χ0v) is 25.4. The topological polar surface area (TPSA) is 80.9 Å². The summed E-state index contributed by atoms with van der Waals surface area (Å²) in [6.07, 6.45) is 0. The molecule has 2 aromatic rings. The Morgan fingerprint density at radius 1 is 0.459 bits per heavy atom. The molecule has 0 heterocycles. The van der Waals surface area contributed by atoms with E-state index in [4.69, 9.17) is 0 Å². The van der Waals surface area contributed by atoms with Gasteiger partial charge in [0.05, 0.1) is 25.2 Å². The predicted octanol–water partition coefficient (Wildman–Crippen LogP) is 6.08. The molecule has 0 fully saturated rings. The Bertz CT molecular complexity index is 997. The van der Waals surface area contributed by atoms with Gasteiger partial charge >= 0.3 is 0 Å². The quantitative estimate of drug-likeness (QED) is 0.378. The van der Waals surface area contributed by atoms with Crippen molar-refractivity contribution >= 4 is 0 Å². The molecule has 0 aliphatic carbocycles. The third-order valence-corrected chi connectivity index (χ3v) is 7.84. The monoisotopic (exact) mass is 512 g/mol. The van der Waals surface area contributed by atoms with Gasteiger partial charge in [0, 0.05) is 0 Å². The third-order valence-electron chi connectivity index (χ3n) is 7.84. The highest BCUT2D eigenvalue weighted by Gasteiger charge is 2.55. The Morgan fingerprint density at radius 3 is 0.973 bits per heavy atom. The highest BCUT2D eigenvalue weighted by molar-refractivity contribution is 5.53. The van der Waals surface area contributed by atoms with Gasteiger partial charge in [-0.25, -0.2) is 0 Å². The van der Waals surface area contributed by atoms with Crippen LogP contribution in [0.5, 0.6) is 0 Å². The van der Waals surface area contributed by atoms with E-state index in [1.54, 1.807) is 0 Å². The second-order valence-electron chi connectivity index (χ2n) is 15.0. The molecular formula is C33H52O4. The standard InChI is InChI=1S/C33H52O4/c1-28(2,3)22-13-15-24(26(17-22)30(7,8)9)33(37,32(19-34,20-35)21-36)25-16-14-23(29(4,5)6)18-27(25)31(10,11)12/h13-18,34-37H,19-21H2,1-12H3. The van der Waals surface area contributed by atoms with E-state index in [0.717, 1.165) is 22.3 Å². The van der Waals surface area contributed by atoms with Crippen LogP contribution in [0.25, 0.3) is 0 Å². The second kappa shape index (κ2) is 10.1. The molecule has 0 atom stereocenters. The molecule has 0 saturated heterocycles. The van der Waals surface area contributed by atoms with Gasteiger partial charge in [-0.05, 0) is 55.0 Å². The lowest BCUT2D eigenvalue weighted by Crippen LogP contribution is -2.55. The Kier molecular flexibility index (Phi) is 8.61. The van der Waals surface area contributed by atoms with E-state index in [1.165, 1.54) is 0 Å². The number of hydrogen-bond donors (Lipinski definition) is 4. The highest BCUT2D eigenvalue weighted by atomic mass is 16.3. The van der Waals surface area contributed by atoms with Gasteiger partial charge in [-0.3, -0.25) is 0 Å². The molecule has 0 bridgehead atoms. The van der Waals surface area contributed by atoms with Crippen LogP contribution in [0, 0.1) is 5.41 Å². The van der Waals surface area contributed by atoms with Crippen LogP contribution in [0.4, 0.5) is 0 Å². The third kappa shape index (κ3) is 5.83. The van der Waals surface area contributed by atoms with Gasteiger partial charge in [0.25, 0.3) is 0 Å². The van der Waals surface area contributed by atoms with E-state index in [-0.39, 0.29) is 21.7 Å². The first-order chi connectivity index (χ1) is 16.6. The molecule has 0 unspecified atom stereocenters. The molecule has 208 valence electrons. The molecule has 0 aromatic heterocycles. The van der Waals surface area contributed by atoms with Crippen LogP contribution >= 0.6 is 0 Å². The first-order valence-electron chi connectivity index (χ1n) is 13.5. The Morgan fingerprint density at radius 2 is 0.757 bits per heavy atom. The van der Waals surface area contributed by atoms with Crippen molar-refractivity contribution in [3.63, 3.8) is 0 Å². The summed E-state index contributed by atoms with van der Waals surface area (Å²) in [7, 11) is 0. The van der Waals surface area contributed by atoms with Crippen LogP contribution in [-0.4, -0.2) is 40.2 Å². The maximum atomic E-state index is 13.1. The van der Waals surface area contributed by atoms with Crippen molar-refractivity contribution in [2.75, 3.05) is 19.8 Å². The average Bonchev–Trinajstić information content (AvgIpc) is 2.77. The number of rotatable bonds is 6. The van der Waals surface area contributed by atoms with Crippen LogP contribution < -0.4 is 0 Å². The summed E-state index contributed by atoms with van der Waals surface area (Å²) in [6, 6.07) is 12.2. The van der Waals surface area contributed by atoms with E-state index in [0.29, 0.717) is 11.1 Å². The van der Waals surface area contributed by atoms with Crippen LogP contribution in [0.3, 0.4) is 0 Å². The van der Waals surface area contributed by atoms with Gasteiger partial charge in [0.15, 0.2) is 0 Å². The molecule has 0 spiro atoms. The summed E-state index contributed by atoms with van der Waals surface area (Å²) in [5.74, 6) is 0. The first-order valence-corrected chi connectivity index (χ1v) is 13.5. The Labute approximate surface area is 225 Å².